The molecule has 1 amide bonds. The van der Waals surface area contributed by atoms with Gasteiger partial charge >= 0.3 is 0 Å². The van der Waals surface area contributed by atoms with Crippen molar-refractivity contribution in [1.82, 2.24) is 10.6 Å². The molecule has 0 unspecified atom stereocenters. The van der Waals surface area contributed by atoms with Gasteiger partial charge in [0.05, 0.1) is 6.54 Å². The molecule has 0 saturated heterocycles. The third kappa shape index (κ3) is 7.42. The van der Waals surface area contributed by atoms with Crippen LogP contribution in [0.15, 0.2) is 59.6 Å². The van der Waals surface area contributed by atoms with Gasteiger partial charge in [0.2, 0.25) is 5.91 Å². The first-order chi connectivity index (χ1) is 11.7. The number of halogens is 1. The van der Waals surface area contributed by atoms with E-state index in [-0.39, 0.29) is 24.0 Å². The molecule has 0 aromatic heterocycles. The first kappa shape index (κ1) is 20.8. The number of nitrogens with two attached hydrogens (primary N) is 1. The van der Waals surface area contributed by atoms with Crippen molar-refractivity contribution in [3.05, 3.63) is 65.7 Å². The smallest absolute Gasteiger partial charge is 0.248 e. The Bertz CT molecular complexity index is 675. The van der Waals surface area contributed by atoms with Crippen molar-refractivity contribution < 1.29 is 9.53 Å². The lowest BCUT2D eigenvalue weighted by Crippen LogP contribution is -2.38. The third-order valence-electron chi connectivity index (χ3n) is 3.33. The maximum absolute atomic E-state index is 11.0. The Morgan fingerprint density at radius 3 is 2.36 bits per heavy atom. The number of nitrogens with zero attached hydrogens (tertiary/aromatic N) is 1. The standard InChI is InChI=1S/C18H22N4O2.HI/c1-20-18(21-11-12-24-16-5-3-2-4-6-16)22-13-14-7-9-15(10-8-14)17(19)23;/h2-10H,11-13H2,1H3,(H2,19,23)(H2,20,21,22);1H. The van der Waals surface area contributed by atoms with E-state index in [9.17, 15) is 4.79 Å². The summed E-state index contributed by atoms with van der Waals surface area (Å²) in [4.78, 5) is 15.2. The number of benzene rings is 2. The Labute approximate surface area is 164 Å². The van der Waals surface area contributed by atoms with Crippen molar-refractivity contribution in [3.63, 3.8) is 0 Å². The first-order valence-electron chi connectivity index (χ1n) is 7.70. The number of aliphatic imine (C=N–C) groups is 1. The van der Waals surface area contributed by atoms with Gasteiger partial charge in [-0.3, -0.25) is 9.79 Å². The van der Waals surface area contributed by atoms with Crippen LogP contribution in [0.5, 0.6) is 5.75 Å². The van der Waals surface area contributed by atoms with Gasteiger partial charge in [-0.2, -0.15) is 0 Å². The molecule has 25 heavy (non-hydrogen) atoms. The highest BCUT2D eigenvalue weighted by molar-refractivity contribution is 14.0. The van der Waals surface area contributed by atoms with E-state index < -0.39 is 5.91 Å². The van der Waals surface area contributed by atoms with Gasteiger partial charge in [-0.1, -0.05) is 30.3 Å². The number of hydrogen-bond donors (Lipinski definition) is 3. The fourth-order valence-corrected chi connectivity index (χ4v) is 2.05. The van der Waals surface area contributed by atoms with Crippen LogP contribution in [0.3, 0.4) is 0 Å². The summed E-state index contributed by atoms with van der Waals surface area (Å²) in [6, 6.07) is 16.8. The molecule has 6 nitrogen and oxygen atoms in total. The minimum atomic E-state index is -0.426. The number of amides is 1. The van der Waals surface area contributed by atoms with Gasteiger partial charge in [0.25, 0.3) is 0 Å². The van der Waals surface area contributed by atoms with E-state index in [1.54, 1.807) is 19.2 Å². The topological polar surface area (TPSA) is 88.7 Å². The second-order valence-corrected chi connectivity index (χ2v) is 5.08. The van der Waals surface area contributed by atoms with Gasteiger partial charge in [-0.05, 0) is 29.8 Å². The molecule has 134 valence electrons. The SMILES string of the molecule is CN=C(NCCOc1ccccc1)NCc1ccc(C(N)=O)cc1.I. The fourth-order valence-electron chi connectivity index (χ4n) is 2.05. The van der Waals surface area contributed by atoms with E-state index in [0.29, 0.717) is 31.2 Å². The summed E-state index contributed by atoms with van der Waals surface area (Å²) in [6.07, 6.45) is 0. The summed E-state index contributed by atoms with van der Waals surface area (Å²) >= 11 is 0. The number of primary amides is 1. The minimum absolute atomic E-state index is 0. The second-order valence-electron chi connectivity index (χ2n) is 5.08. The number of hydrogen-bond acceptors (Lipinski definition) is 3. The van der Waals surface area contributed by atoms with E-state index in [2.05, 4.69) is 15.6 Å². The maximum Gasteiger partial charge on any atom is 0.248 e. The Hall–Kier alpha value is -2.29. The highest BCUT2D eigenvalue weighted by Gasteiger charge is 2.01. The van der Waals surface area contributed by atoms with Crippen molar-refractivity contribution in [3.8, 4) is 5.75 Å². The highest BCUT2D eigenvalue weighted by Crippen LogP contribution is 2.07. The van der Waals surface area contributed by atoms with Crippen molar-refractivity contribution in [2.45, 2.75) is 6.54 Å². The summed E-state index contributed by atoms with van der Waals surface area (Å²) in [5.41, 5.74) is 6.75. The molecule has 0 fully saturated rings. The van der Waals surface area contributed by atoms with E-state index in [1.165, 1.54) is 0 Å². The van der Waals surface area contributed by atoms with Crippen LogP contribution in [0, 0.1) is 0 Å². The lowest BCUT2D eigenvalue weighted by molar-refractivity contribution is 0.100. The molecule has 4 N–H and O–H groups in total. The van der Waals surface area contributed by atoms with Crippen LogP contribution >= 0.6 is 24.0 Å². The molecule has 0 aliphatic heterocycles. The maximum atomic E-state index is 11.0. The van der Waals surface area contributed by atoms with Gasteiger partial charge in [0, 0.05) is 19.2 Å². The lowest BCUT2D eigenvalue weighted by atomic mass is 10.1. The normalized spacial score (nSPS) is 10.5. The Balaban J connectivity index is 0.00000312. The Morgan fingerprint density at radius 1 is 1.08 bits per heavy atom. The average molecular weight is 454 g/mol. The lowest BCUT2D eigenvalue weighted by Gasteiger charge is -2.12. The molecule has 0 saturated carbocycles. The van der Waals surface area contributed by atoms with Crippen LogP contribution in [0.4, 0.5) is 0 Å². The zero-order valence-corrected chi connectivity index (χ0v) is 16.4. The molecule has 7 heteroatoms. The van der Waals surface area contributed by atoms with Crippen LogP contribution in [0.2, 0.25) is 0 Å². The van der Waals surface area contributed by atoms with E-state index in [4.69, 9.17) is 10.5 Å². The molecule has 0 bridgehead atoms. The summed E-state index contributed by atoms with van der Waals surface area (Å²) in [5, 5.41) is 6.38. The van der Waals surface area contributed by atoms with Gasteiger partial charge < -0.3 is 21.1 Å². The summed E-state index contributed by atoms with van der Waals surface area (Å²) < 4.78 is 5.61. The molecule has 0 aliphatic carbocycles. The predicted molar refractivity (Wildman–Crippen MR) is 111 cm³/mol. The molecule has 0 atom stereocenters. The van der Waals surface area contributed by atoms with E-state index in [0.717, 1.165) is 11.3 Å². The number of ether oxygens (including phenoxy) is 1. The van der Waals surface area contributed by atoms with E-state index in [1.807, 2.05) is 42.5 Å². The predicted octanol–water partition coefficient (Wildman–Crippen LogP) is 2.15. The number of nitrogens with one attached hydrogen (secondary N) is 2. The Kier molecular flexibility index (Phi) is 9.38. The zero-order valence-electron chi connectivity index (χ0n) is 14.1. The van der Waals surface area contributed by atoms with Crippen molar-refractivity contribution >= 4 is 35.8 Å². The zero-order chi connectivity index (χ0) is 17.2. The number of rotatable bonds is 7. The van der Waals surface area contributed by atoms with Crippen LogP contribution in [-0.4, -0.2) is 32.1 Å². The molecule has 2 rings (SSSR count). The number of carbonyl (C=O) groups is 1. The molecule has 0 heterocycles. The fraction of sp³-hybridized carbons (Fsp3) is 0.222. The summed E-state index contributed by atoms with van der Waals surface area (Å²) in [6.45, 7) is 1.77. The largest absolute Gasteiger partial charge is 0.492 e. The third-order valence-corrected chi connectivity index (χ3v) is 3.33. The quantitative estimate of drug-likeness (QED) is 0.259. The van der Waals surface area contributed by atoms with Crippen LogP contribution in [0.1, 0.15) is 15.9 Å². The van der Waals surface area contributed by atoms with Crippen molar-refractivity contribution in [2.75, 3.05) is 20.2 Å². The van der Waals surface area contributed by atoms with Gasteiger partial charge in [0.15, 0.2) is 5.96 Å². The second kappa shape index (κ2) is 11.3. The molecular weight excluding hydrogens is 431 g/mol. The monoisotopic (exact) mass is 454 g/mol. The number of guanidine groups is 1. The van der Waals surface area contributed by atoms with Crippen LogP contribution in [0.25, 0.3) is 0 Å². The van der Waals surface area contributed by atoms with Gasteiger partial charge in [-0.25, -0.2) is 0 Å². The first-order valence-corrected chi connectivity index (χ1v) is 7.70. The molecule has 0 radical (unpaired) electrons. The minimum Gasteiger partial charge on any atom is -0.492 e. The Morgan fingerprint density at radius 2 is 1.76 bits per heavy atom. The highest BCUT2D eigenvalue weighted by atomic mass is 127. The number of carbonyl (C=O) groups excluding carboxylic acids is 1. The van der Waals surface area contributed by atoms with E-state index >= 15 is 0 Å². The summed E-state index contributed by atoms with van der Waals surface area (Å²) in [5.74, 6) is 1.10. The van der Waals surface area contributed by atoms with Crippen molar-refractivity contribution in [2.24, 2.45) is 10.7 Å². The molecule has 0 spiro atoms. The molecular formula is C18H23IN4O2. The molecule has 2 aromatic rings. The van der Waals surface area contributed by atoms with Crippen LogP contribution in [-0.2, 0) is 6.54 Å². The number of para-hydroxylation sites is 1. The molecule has 0 aliphatic rings. The van der Waals surface area contributed by atoms with Gasteiger partial charge in [-0.15, -0.1) is 24.0 Å². The van der Waals surface area contributed by atoms with Gasteiger partial charge in [0.1, 0.15) is 12.4 Å². The molecule has 2 aromatic carbocycles. The average Bonchev–Trinajstić information content (AvgIpc) is 2.62. The van der Waals surface area contributed by atoms with Crippen LogP contribution < -0.4 is 21.1 Å². The van der Waals surface area contributed by atoms with Crippen molar-refractivity contribution in [1.29, 1.82) is 0 Å². The summed E-state index contributed by atoms with van der Waals surface area (Å²) in [7, 11) is 1.71.